The highest BCUT2D eigenvalue weighted by molar-refractivity contribution is 7.90. The molecule has 0 aromatic heterocycles. The third kappa shape index (κ3) is 4.85. The van der Waals surface area contributed by atoms with E-state index in [1.54, 1.807) is 0 Å². The number of hydrogen-bond donors (Lipinski definition) is 1. The molecular formula is C14H21NO4S. The van der Waals surface area contributed by atoms with Crippen molar-refractivity contribution >= 4 is 21.5 Å². The van der Waals surface area contributed by atoms with Crippen LogP contribution in [0, 0.1) is 5.92 Å². The van der Waals surface area contributed by atoms with Crippen molar-refractivity contribution in [2.45, 2.75) is 31.6 Å². The van der Waals surface area contributed by atoms with Crippen LogP contribution in [0.1, 0.15) is 37.0 Å². The van der Waals surface area contributed by atoms with Gasteiger partial charge in [-0.2, -0.15) is 0 Å². The Morgan fingerprint density at radius 1 is 1.35 bits per heavy atom. The zero-order valence-electron chi connectivity index (χ0n) is 12.0. The zero-order chi connectivity index (χ0) is 15.3. The molecule has 6 heteroatoms. The molecule has 1 aromatic carbocycles. The Morgan fingerprint density at radius 3 is 2.55 bits per heavy atom. The van der Waals surface area contributed by atoms with Crippen LogP contribution in [0.4, 0.5) is 5.69 Å². The maximum absolute atomic E-state index is 11.9. The van der Waals surface area contributed by atoms with Gasteiger partial charge in [0, 0.05) is 11.9 Å². The first-order valence-corrected chi connectivity index (χ1v) is 8.41. The van der Waals surface area contributed by atoms with Gasteiger partial charge in [-0.25, -0.2) is 13.2 Å². The van der Waals surface area contributed by atoms with Crippen molar-refractivity contribution in [2.75, 3.05) is 18.6 Å². The van der Waals surface area contributed by atoms with Gasteiger partial charge in [-0.3, -0.25) is 0 Å². The van der Waals surface area contributed by atoms with Crippen molar-refractivity contribution in [1.29, 1.82) is 0 Å². The highest BCUT2D eigenvalue weighted by Gasteiger charge is 2.15. The summed E-state index contributed by atoms with van der Waals surface area (Å²) in [5.74, 6) is -0.274. The number of nitrogens with two attached hydrogens (primary N) is 1. The number of carbonyl (C=O) groups is 1. The van der Waals surface area contributed by atoms with Crippen molar-refractivity contribution in [3.05, 3.63) is 23.8 Å². The minimum absolute atomic E-state index is 0.0195. The predicted molar refractivity (Wildman–Crippen MR) is 78.3 cm³/mol. The van der Waals surface area contributed by atoms with Crippen LogP contribution < -0.4 is 5.73 Å². The van der Waals surface area contributed by atoms with E-state index < -0.39 is 15.8 Å². The number of sulfone groups is 1. The van der Waals surface area contributed by atoms with E-state index >= 15 is 0 Å². The van der Waals surface area contributed by atoms with Crippen LogP contribution >= 0.6 is 0 Å². The second-order valence-electron chi connectivity index (χ2n) is 5.06. The molecule has 5 nitrogen and oxygen atoms in total. The Morgan fingerprint density at radius 2 is 2.00 bits per heavy atom. The molecule has 0 spiro atoms. The monoisotopic (exact) mass is 299 g/mol. The fourth-order valence-corrected chi connectivity index (χ4v) is 2.52. The first-order chi connectivity index (χ1) is 9.24. The lowest BCUT2D eigenvalue weighted by molar-refractivity contribution is 0.0443. The van der Waals surface area contributed by atoms with Gasteiger partial charge in [0.05, 0.1) is 17.1 Å². The molecule has 0 saturated heterocycles. The molecule has 1 rings (SSSR count). The molecule has 0 bridgehead atoms. The normalized spacial score (nSPS) is 12.9. The summed E-state index contributed by atoms with van der Waals surface area (Å²) in [6.07, 6.45) is 3.06. The summed E-state index contributed by atoms with van der Waals surface area (Å²) in [6, 6.07) is 4.03. The molecule has 112 valence electrons. The highest BCUT2D eigenvalue weighted by Crippen LogP contribution is 2.18. The average molecular weight is 299 g/mol. The van der Waals surface area contributed by atoms with Crippen LogP contribution in [0.3, 0.4) is 0 Å². The molecule has 1 atom stereocenters. The summed E-state index contributed by atoms with van der Waals surface area (Å²) in [5.41, 5.74) is 6.01. The van der Waals surface area contributed by atoms with Gasteiger partial charge in [0.15, 0.2) is 9.84 Å². The van der Waals surface area contributed by atoms with E-state index in [0.717, 1.165) is 19.1 Å². The maximum Gasteiger partial charge on any atom is 0.338 e. The van der Waals surface area contributed by atoms with E-state index in [2.05, 4.69) is 6.92 Å². The van der Waals surface area contributed by atoms with E-state index in [4.69, 9.17) is 10.5 Å². The van der Waals surface area contributed by atoms with Crippen molar-refractivity contribution in [2.24, 2.45) is 5.92 Å². The Hall–Kier alpha value is -1.56. The van der Waals surface area contributed by atoms with Gasteiger partial charge >= 0.3 is 5.97 Å². The molecular weight excluding hydrogens is 278 g/mol. The summed E-state index contributed by atoms with van der Waals surface area (Å²) in [5, 5.41) is 0. The van der Waals surface area contributed by atoms with Crippen LogP contribution in [-0.4, -0.2) is 27.2 Å². The number of rotatable bonds is 6. The third-order valence-corrected chi connectivity index (χ3v) is 3.97. The average Bonchev–Trinajstić information content (AvgIpc) is 2.34. The topological polar surface area (TPSA) is 86.5 Å². The number of carbonyl (C=O) groups excluding carboxylic acids is 1. The lowest BCUT2D eigenvalue weighted by atomic mass is 10.1. The first-order valence-electron chi connectivity index (χ1n) is 6.51. The SMILES string of the molecule is CCCC(C)COC(=O)c1cc(N)cc(S(C)(=O)=O)c1. The van der Waals surface area contributed by atoms with Crippen molar-refractivity contribution < 1.29 is 17.9 Å². The number of anilines is 1. The second-order valence-corrected chi connectivity index (χ2v) is 7.07. The molecule has 0 aliphatic carbocycles. The number of benzene rings is 1. The lowest BCUT2D eigenvalue weighted by Gasteiger charge is -2.11. The molecule has 0 amide bonds. The fourth-order valence-electron chi connectivity index (χ4n) is 1.83. The molecule has 1 aromatic rings. The summed E-state index contributed by atoms with van der Waals surface area (Å²) in [6.45, 7) is 4.38. The van der Waals surface area contributed by atoms with Gasteiger partial charge in [-0.1, -0.05) is 20.3 Å². The number of nitrogen functional groups attached to an aromatic ring is 1. The summed E-state index contributed by atoms with van der Waals surface area (Å²) >= 11 is 0. The second kappa shape index (κ2) is 6.74. The Labute approximate surface area is 120 Å². The van der Waals surface area contributed by atoms with Gasteiger partial charge in [0.1, 0.15) is 0 Å². The largest absolute Gasteiger partial charge is 0.462 e. The lowest BCUT2D eigenvalue weighted by Crippen LogP contribution is -2.13. The number of ether oxygens (including phenoxy) is 1. The smallest absolute Gasteiger partial charge is 0.338 e. The van der Waals surface area contributed by atoms with E-state index in [1.165, 1.54) is 18.2 Å². The van der Waals surface area contributed by atoms with E-state index in [9.17, 15) is 13.2 Å². The fraction of sp³-hybridized carbons (Fsp3) is 0.500. The predicted octanol–water partition coefficient (Wildman–Crippen LogP) is 2.27. The standard InChI is InChI=1S/C14H21NO4S/c1-4-5-10(2)9-19-14(16)11-6-12(15)8-13(7-11)20(3,17)18/h6-8,10H,4-5,9,15H2,1-3H3. The Kier molecular flexibility index (Phi) is 5.56. The van der Waals surface area contributed by atoms with E-state index in [1.807, 2.05) is 6.92 Å². The number of hydrogen-bond acceptors (Lipinski definition) is 5. The molecule has 0 heterocycles. The molecule has 0 fully saturated rings. The van der Waals surface area contributed by atoms with Gasteiger partial charge in [0.2, 0.25) is 0 Å². The van der Waals surface area contributed by atoms with Crippen molar-refractivity contribution in [1.82, 2.24) is 0 Å². The molecule has 1 unspecified atom stereocenters. The molecule has 0 saturated carbocycles. The molecule has 20 heavy (non-hydrogen) atoms. The quantitative estimate of drug-likeness (QED) is 0.643. The van der Waals surface area contributed by atoms with Gasteiger partial charge in [-0.05, 0) is 30.5 Å². The number of esters is 1. The van der Waals surface area contributed by atoms with Crippen LogP contribution in [-0.2, 0) is 14.6 Å². The Bertz CT molecular complexity index is 581. The van der Waals surface area contributed by atoms with Crippen LogP contribution in [0.25, 0.3) is 0 Å². The van der Waals surface area contributed by atoms with E-state index in [0.29, 0.717) is 6.61 Å². The third-order valence-electron chi connectivity index (χ3n) is 2.87. The minimum atomic E-state index is -3.41. The first kappa shape index (κ1) is 16.5. The summed E-state index contributed by atoms with van der Waals surface area (Å²) in [7, 11) is -3.41. The van der Waals surface area contributed by atoms with E-state index in [-0.39, 0.29) is 22.1 Å². The Balaban J connectivity index is 2.86. The minimum Gasteiger partial charge on any atom is -0.462 e. The summed E-state index contributed by atoms with van der Waals surface area (Å²) in [4.78, 5) is 11.9. The summed E-state index contributed by atoms with van der Waals surface area (Å²) < 4.78 is 28.2. The molecule has 0 aliphatic heterocycles. The van der Waals surface area contributed by atoms with Crippen LogP contribution in [0.5, 0.6) is 0 Å². The van der Waals surface area contributed by atoms with Gasteiger partial charge in [0.25, 0.3) is 0 Å². The van der Waals surface area contributed by atoms with Crippen molar-refractivity contribution in [3.63, 3.8) is 0 Å². The highest BCUT2D eigenvalue weighted by atomic mass is 32.2. The maximum atomic E-state index is 11.9. The molecule has 0 aliphatic rings. The van der Waals surface area contributed by atoms with Gasteiger partial charge < -0.3 is 10.5 Å². The molecule has 0 radical (unpaired) electrons. The molecule has 2 N–H and O–H groups in total. The van der Waals surface area contributed by atoms with Crippen LogP contribution in [0.15, 0.2) is 23.1 Å². The van der Waals surface area contributed by atoms with Gasteiger partial charge in [-0.15, -0.1) is 0 Å². The zero-order valence-corrected chi connectivity index (χ0v) is 12.9. The van der Waals surface area contributed by atoms with Crippen molar-refractivity contribution in [3.8, 4) is 0 Å². The van der Waals surface area contributed by atoms with Crippen LogP contribution in [0.2, 0.25) is 0 Å².